The SMILES string of the molecule is CN(C)CC1CC(O)CN1S(=O)(=O)Cc1ccccc1N. The number of nitrogens with zero attached hydrogens (tertiary/aromatic N) is 2. The highest BCUT2D eigenvalue weighted by Crippen LogP contribution is 2.25. The van der Waals surface area contributed by atoms with Gasteiger partial charge in [0.25, 0.3) is 0 Å². The minimum atomic E-state index is -3.50. The van der Waals surface area contributed by atoms with Crippen molar-refractivity contribution >= 4 is 15.7 Å². The van der Waals surface area contributed by atoms with Gasteiger partial charge >= 0.3 is 0 Å². The van der Waals surface area contributed by atoms with Crippen LogP contribution in [0, 0.1) is 0 Å². The molecule has 1 heterocycles. The van der Waals surface area contributed by atoms with Crippen LogP contribution in [0.25, 0.3) is 0 Å². The maximum Gasteiger partial charge on any atom is 0.218 e. The number of anilines is 1. The number of para-hydroxylation sites is 1. The number of hydrogen-bond donors (Lipinski definition) is 2. The van der Waals surface area contributed by atoms with E-state index in [1.54, 1.807) is 24.3 Å². The fraction of sp³-hybridized carbons (Fsp3) is 0.571. The molecule has 0 saturated carbocycles. The smallest absolute Gasteiger partial charge is 0.218 e. The molecule has 0 radical (unpaired) electrons. The van der Waals surface area contributed by atoms with E-state index in [1.807, 2.05) is 19.0 Å². The number of β-amino-alcohol motifs (C(OH)–C–C–N with tert-alkyl or cyclic N) is 1. The van der Waals surface area contributed by atoms with Gasteiger partial charge in [-0.05, 0) is 32.1 Å². The van der Waals surface area contributed by atoms with Crippen molar-refractivity contribution in [2.24, 2.45) is 0 Å². The van der Waals surface area contributed by atoms with Gasteiger partial charge in [0.2, 0.25) is 10.0 Å². The van der Waals surface area contributed by atoms with Crippen LogP contribution < -0.4 is 5.73 Å². The second kappa shape index (κ2) is 6.31. The summed E-state index contributed by atoms with van der Waals surface area (Å²) in [5.41, 5.74) is 6.90. The molecule has 0 spiro atoms. The lowest BCUT2D eigenvalue weighted by molar-refractivity contribution is 0.188. The van der Waals surface area contributed by atoms with Gasteiger partial charge in [0.15, 0.2) is 0 Å². The fourth-order valence-electron chi connectivity index (χ4n) is 2.74. The zero-order valence-corrected chi connectivity index (χ0v) is 13.3. The number of sulfonamides is 1. The van der Waals surface area contributed by atoms with Crippen LogP contribution in [0.2, 0.25) is 0 Å². The molecule has 6 nitrogen and oxygen atoms in total. The van der Waals surface area contributed by atoms with Gasteiger partial charge in [-0.15, -0.1) is 0 Å². The van der Waals surface area contributed by atoms with Gasteiger partial charge in [-0.3, -0.25) is 0 Å². The van der Waals surface area contributed by atoms with E-state index in [0.717, 1.165) is 0 Å². The molecule has 7 heteroatoms. The Morgan fingerprint density at radius 2 is 2.05 bits per heavy atom. The molecule has 2 atom stereocenters. The average Bonchev–Trinajstić information content (AvgIpc) is 2.73. The summed E-state index contributed by atoms with van der Waals surface area (Å²) in [4.78, 5) is 1.93. The maximum absolute atomic E-state index is 12.6. The molecule has 0 bridgehead atoms. The molecular weight excluding hydrogens is 290 g/mol. The van der Waals surface area contributed by atoms with E-state index >= 15 is 0 Å². The zero-order chi connectivity index (χ0) is 15.6. The Balaban J connectivity index is 2.20. The number of benzene rings is 1. The van der Waals surface area contributed by atoms with Crippen molar-refractivity contribution in [3.8, 4) is 0 Å². The normalized spacial score (nSPS) is 23.8. The first-order valence-corrected chi connectivity index (χ1v) is 8.56. The Bertz CT molecular complexity index is 589. The van der Waals surface area contributed by atoms with Crippen molar-refractivity contribution in [3.05, 3.63) is 29.8 Å². The van der Waals surface area contributed by atoms with Gasteiger partial charge in [0.1, 0.15) is 0 Å². The number of aliphatic hydroxyl groups excluding tert-OH is 1. The Morgan fingerprint density at radius 1 is 1.38 bits per heavy atom. The molecule has 1 aromatic carbocycles. The van der Waals surface area contributed by atoms with Gasteiger partial charge in [-0.2, -0.15) is 4.31 Å². The Kier molecular flexibility index (Phi) is 4.88. The molecule has 2 unspecified atom stereocenters. The van der Waals surface area contributed by atoms with Crippen molar-refractivity contribution in [1.29, 1.82) is 0 Å². The van der Waals surface area contributed by atoms with Gasteiger partial charge < -0.3 is 15.7 Å². The van der Waals surface area contributed by atoms with Crippen LogP contribution >= 0.6 is 0 Å². The third-order valence-electron chi connectivity index (χ3n) is 3.67. The summed E-state index contributed by atoms with van der Waals surface area (Å²) in [6, 6.07) is 6.78. The van der Waals surface area contributed by atoms with Crippen LogP contribution in [0.15, 0.2) is 24.3 Å². The van der Waals surface area contributed by atoms with Gasteiger partial charge in [-0.1, -0.05) is 18.2 Å². The predicted octanol–water partition coefficient (Wildman–Crippen LogP) is 0.0954. The first-order chi connectivity index (χ1) is 9.79. The van der Waals surface area contributed by atoms with Gasteiger partial charge in [0, 0.05) is 24.8 Å². The van der Waals surface area contributed by atoms with Crippen molar-refractivity contribution in [2.45, 2.75) is 24.3 Å². The molecule has 0 aliphatic carbocycles. The summed E-state index contributed by atoms with van der Waals surface area (Å²) in [5, 5.41) is 9.82. The lowest BCUT2D eigenvalue weighted by atomic mass is 10.2. The Hall–Kier alpha value is -1.15. The highest BCUT2D eigenvalue weighted by Gasteiger charge is 2.38. The number of aliphatic hydroxyl groups is 1. The molecular formula is C14H23N3O3S. The van der Waals surface area contributed by atoms with E-state index in [9.17, 15) is 13.5 Å². The summed E-state index contributed by atoms with van der Waals surface area (Å²) in [6.45, 7) is 0.758. The molecule has 0 aromatic heterocycles. The van der Waals surface area contributed by atoms with Crippen LogP contribution in [-0.4, -0.2) is 62.1 Å². The Labute approximate surface area is 126 Å². The number of likely N-dealkylation sites (N-methyl/N-ethyl adjacent to an activating group) is 1. The Morgan fingerprint density at radius 3 is 2.67 bits per heavy atom. The summed E-state index contributed by atoms with van der Waals surface area (Å²) in [5.74, 6) is -0.129. The molecule has 1 aliphatic rings. The van der Waals surface area contributed by atoms with E-state index in [4.69, 9.17) is 5.73 Å². The lowest BCUT2D eigenvalue weighted by Crippen LogP contribution is -2.42. The number of nitrogen functional groups attached to an aromatic ring is 1. The van der Waals surface area contributed by atoms with E-state index < -0.39 is 16.1 Å². The van der Waals surface area contributed by atoms with Gasteiger partial charge in [0.05, 0.1) is 11.9 Å². The lowest BCUT2D eigenvalue weighted by Gasteiger charge is -2.26. The minimum Gasteiger partial charge on any atom is -0.398 e. The molecule has 21 heavy (non-hydrogen) atoms. The molecule has 1 aromatic rings. The van der Waals surface area contributed by atoms with E-state index in [1.165, 1.54) is 4.31 Å². The molecule has 118 valence electrons. The third-order valence-corrected chi connectivity index (χ3v) is 5.51. The zero-order valence-electron chi connectivity index (χ0n) is 12.4. The second-order valence-corrected chi connectivity index (χ2v) is 7.75. The minimum absolute atomic E-state index is 0.129. The standard InChI is InChI=1S/C14H23N3O3S/c1-16(2)8-12-7-13(18)9-17(12)21(19,20)10-11-5-3-4-6-14(11)15/h3-6,12-13,18H,7-10,15H2,1-2H3. The molecule has 1 fully saturated rings. The average molecular weight is 313 g/mol. The quantitative estimate of drug-likeness (QED) is 0.753. The third kappa shape index (κ3) is 3.94. The predicted molar refractivity (Wildman–Crippen MR) is 83.2 cm³/mol. The van der Waals surface area contributed by atoms with Crippen LogP contribution in [0.3, 0.4) is 0 Å². The summed E-state index contributed by atoms with van der Waals surface area (Å²) >= 11 is 0. The number of hydrogen-bond acceptors (Lipinski definition) is 5. The number of nitrogens with two attached hydrogens (primary N) is 1. The van der Waals surface area contributed by atoms with Crippen molar-refractivity contribution in [3.63, 3.8) is 0 Å². The molecule has 0 amide bonds. The van der Waals surface area contributed by atoms with Crippen LogP contribution in [0.5, 0.6) is 0 Å². The van der Waals surface area contributed by atoms with Crippen molar-refractivity contribution in [2.75, 3.05) is 32.9 Å². The summed E-state index contributed by atoms with van der Waals surface area (Å²) in [6.07, 6.45) is -0.125. The van der Waals surface area contributed by atoms with Crippen LogP contribution in [-0.2, 0) is 15.8 Å². The van der Waals surface area contributed by atoms with Crippen molar-refractivity contribution in [1.82, 2.24) is 9.21 Å². The van der Waals surface area contributed by atoms with Crippen LogP contribution in [0.1, 0.15) is 12.0 Å². The highest BCUT2D eigenvalue weighted by molar-refractivity contribution is 7.88. The largest absolute Gasteiger partial charge is 0.398 e. The van der Waals surface area contributed by atoms with E-state index in [2.05, 4.69) is 0 Å². The van der Waals surface area contributed by atoms with E-state index in [-0.39, 0.29) is 18.3 Å². The molecule has 1 saturated heterocycles. The van der Waals surface area contributed by atoms with Crippen molar-refractivity contribution < 1.29 is 13.5 Å². The summed E-state index contributed by atoms with van der Waals surface area (Å²) in [7, 11) is 0.290. The first-order valence-electron chi connectivity index (χ1n) is 6.95. The van der Waals surface area contributed by atoms with E-state index in [0.29, 0.717) is 24.2 Å². The fourth-order valence-corrected chi connectivity index (χ4v) is 4.56. The molecule has 3 N–H and O–H groups in total. The van der Waals surface area contributed by atoms with Gasteiger partial charge in [-0.25, -0.2) is 8.42 Å². The molecule has 1 aliphatic heterocycles. The second-order valence-electron chi connectivity index (χ2n) is 5.83. The monoisotopic (exact) mass is 313 g/mol. The van der Waals surface area contributed by atoms with Crippen LogP contribution in [0.4, 0.5) is 5.69 Å². The first kappa shape index (κ1) is 16.2. The summed E-state index contributed by atoms with van der Waals surface area (Å²) < 4.78 is 26.7. The maximum atomic E-state index is 12.6. The highest BCUT2D eigenvalue weighted by atomic mass is 32.2. The number of rotatable bonds is 5. The molecule has 2 rings (SSSR count). The topological polar surface area (TPSA) is 86.9 Å².